The van der Waals surface area contributed by atoms with Crippen LogP contribution in [0.2, 0.25) is 0 Å². The van der Waals surface area contributed by atoms with Gasteiger partial charge in [-0.25, -0.2) is 0 Å². The van der Waals surface area contributed by atoms with Gasteiger partial charge in [0.15, 0.2) is 0 Å². The molecule has 1 aromatic rings. The van der Waals surface area contributed by atoms with E-state index >= 15 is 0 Å². The Balaban J connectivity index is 1.82. The zero-order chi connectivity index (χ0) is 13.7. The van der Waals surface area contributed by atoms with E-state index in [1.54, 1.807) is 6.07 Å². The summed E-state index contributed by atoms with van der Waals surface area (Å²) >= 11 is 0. The van der Waals surface area contributed by atoms with Gasteiger partial charge in [-0.15, -0.1) is 0 Å². The predicted molar refractivity (Wildman–Crippen MR) is 74.3 cm³/mol. The Labute approximate surface area is 113 Å². The van der Waals surface area contributed by atoms with E-state index in [2.05, 4.69) is 22.1 Å². The van der Waals surface area contributed by atoms with Gasteiger partial charge in [0, 0.05) is 24.8 Å². The Morgan fingerprint density at radius 3 is 2.74 bits per heavy atom. The lowest BCUT2D eigenvalue weighted by Crippen LogP contribution is -2.44. The number of amides is 1. The lowest BCUT2D eigenvalue weighted by atomic mass is 10.1. The van der Waals surface area contributed by atoms with Crippen molar-refractivity contribution in [3.8, 4) is 0 Å². The van der Waals surface area contributed by atoms with Gasteiger partial charge in [-0.1, -0.05) is 6.42 Å². The number of likely N-dealkylation sites (tertiary alicyclic amines) is 1. The van der Waals surface area contributed by atoms with Gasteiger partial charge in [-0.3, -0.25) is 14.5 Å². The number of H-pyrrole nitrogens is 1. The number of carbonyl (C=O) groups excluding carboxylic acids is 1. The van der Waals surface area contributed by atoms with E-state index in [0.717, 1.165) is 13.1 Å². The minimum absolute atomic E-state index is 0.139. The van der Waals surface area contributed by atoms with E-state index in [1.807, 2.05) is 0 Å². The van der Waals surface area contributed by atoms with Crippen LogP contribution in [-0.2, 0) is 0 Å². The number of pyridine rings is 1. The first-order chi connectivity index (χ1) is 9.16. The minimum atomic E-state index is -0.196. The highest BCUT2D eigenvalue weighted by Gasteiger charge is 2.17. The fourth-order valence-corrected chi connectivity index (χ4v) is 2.38. The molecule has 0 radical (unpaired) electrons. The number of aromatic amines is 1. The van der Waals surface area contributed by atoms with Crippen molar-refractivity contribution in [2.24, 2.45) is 0 Å². The van der Waals surface area contributed by atoms with Crippen LogP contribution in [0.5, 0.6) is 0 Å². The van der Waals surface area contributed by atoms with Gasteiger partial charge in [-0.05, 0) is 38.9 Å². The van der Waals surface area contributed by atoms with Crippen LogP contribution in [0, 0.1) is 0 Å². The maximum absolute atomic E-state index is 11.9. The number of rotatable bonds is 4. The molecule has 0 aromatic carbocycles. The van der Waals surface area contributed by atoms with Gasteiger partial charge in [0.05, 0.1) is 5.56 Å². The van der Waals surface area contributed by atoms with Crippen LogP contribution >= 0.6 is 0 Å². The molecule has 1 amide bonds. The largest absolute Gasteiger partial charge is 0.350 e. The molecule has 1 saturated heterocycles. The molecule has 0 aliphatic carbocycles. The van der Waals surface area contributed by atoms with Crippen molar-refractivity contribution in [1.82, 2.24) is 15.2 Å². The Morgan fingerprint density at radius 2 is 2.11 bits per heavy atom. The van der Waals surface area contributed by atoms with Crippen LogP contribution in [0.15, 0.2) is 23.1 Å². The summed E-state index contributed by atoms with van der Waals surface area (Å²) in [6.45, 7) is 5.02. The summed E-state index contributed by atoms with van der Waals surface area (Å²) in [5, 5.41) is 2.91. The zero-order valence-corrected chi connectivity index (χ0v) is 11.3. The van der Waals surface area contributed by atoms with E-state index in [0.29, 0.717) is 18.2 Å². The van der Waals surface area contributed by atoms with Crippen LogP contribution in [0.4, 0.5) is 0 Å². The molecular weight excluding hydrogens is 242 g/mol. The average molecular weight is 263 g/mol. The lowest BCUT2D eigenvalue weighted by molar-refractivity contribution is 0.0929. The van der Waals surface area contributed by atoms with Crippen LogP contribution in [0.1, 0.15) is 36.5 Å². The monoisotopic (exact) mass is 263 g/mol. The number of nitrogens with one attached hydrogen (secondary N) is 2. The second kappa shape index (κ2) is 6.52. The van der Waals surface area contributed by atoms with Crippen molar-refractivity contribution in [2.75, 3.05) is 19.6 Å². The van der Waals surface area contributed by atoms with Crippen molar-refractivity contribution >= 4 is 5.91 Å². The van der Waals surface area contributed by atoms with Crippen molar-refractivity contribution in [1.29, 1.82) is 0 Å². The predicted octanol–water partition coefficient (Wildman–Crippen LogP) is 0.979. The van der Waals surface area contributed by atoms with Gasteiger partial charge < -0.3 is 10.3 Å². The molecule has 1 aromatic heterocycles. The van der Waals surface area contributed by atoms with Gasteiger partial charge in [0.25, 0.3) is 5.91 Å². The van der Waals surface area contributed by atoms with E-state index in [1.165, 1.54) is 31.5 Å². The second-order valence-corrected chi connectivity index (χ2v) is 5.10. The number of piperidine rings is 1. The summed E-state index contributed by atoms with van der Waals surface area (Å²) < 4.78 is 0. The molecule has 1 atom stereocenters. The van der Waals surface area contributed by atoms with Gasteiger partial charge in [0.1, 0.15) is 0 Å². The quantitative estimate of drug-likeness (QED) is 0.851. The van der Waals surface area contributed by atoms with E-state index < -0.39 is 0 Å². The van der Waals surface area contributed by atoms with E-state index in [-0.39, 0.29) is 11.5 Å². The fourth-order valence-electron chi connectivity index (χ4n) is 2.38. The molecule has 2 rings (SSSR count). The third-order valence-electron chi connectivity index (χ3n) is 3.62. The molecule has 5 heteroatoms. The summed E-state index contributed by atoms with van der Waals surface area (Å²) in [5.74, 6) is -0.139. The van der Waals surface area contributed by atoms with Gasteiger partial charge in [0.2, 0.25) is 5.56 Å². The Bertz CT molecular complexity index is 457. The summed E-state index contributed by atoms with van der Waals surface area (Å²) in [6.07, 6.45) is 5.26. The first kappa shape index (κ1) is 13.8. The molecule has 2 N–H and O–H groups in total. The number of aromatic nitrogens is 1. The van der Waals surface area contributed by atoms with Gasteiger partial charge in [-0.2, -0.15) is 0 Å². The maximum Gasteiger partial charge on any atom is 0.252 e. The number of nitrogens with zero attached hydrogens (tertiary/aromatic N) is 1. The molecule has 19 heavy (non-hydrogen) atoms. The Hall–Kier alpha value is -1.62. The molecule has 0 bridgehead atoms. The first-order valence-electron chi connectivity index (χ1n) is 6.88. The van der Waals surface area contributed by atoms with Crippen LogP contribution in [0.3, 0.4) is 0 Å². The third kappa shape index (κ3) is 3.92. The molecule has 104 valence electrons. The highest BCUT2D eigenvalue weighted by Crippen LogP contribution is 2.11. The average Bonchev–Trinajstić information content (AvgIpc) is 2.46. The molecule has 5 nitrogen and oxygen atoms in total. The normalized spacial score (nSPS) is 17.9. The molecule has 0 saturated carbocycles. The molecule has 1 aliphatic rings. The summed E-state index contributed by atoms with van der Waals surface area (Å²) in [6, 6.07) is 3.26. The highest BCUT2D eigenvalue weighted by atomic mass is 16.1. The van der Waals surface area contributed by atoms with Crippen molar-refractivity contribution in [3.05, 3.63) is 34.2 Å². The molecule has 1 fully saturated rings. The SMILES string of the molecule is CC(CNC(=O)c1ccc(=O)[nH]c1)N1CCCCC1. The number of hydrogen-bond donors (Lipinski definition) is 2. The molecule has 1 unspecified atom stereocenters. The van der Waals surface area contributed by atoms with Crippen LogP contribution in [-0.4, -0.2) is 41.5 Å². The standard InChI is InChI=1S/C14H21N3O2/c1-11(17-7-3-2-4-8-17)9-16-14(19)12-5-6-13(18)15-10-12/h5-6,10-11H,2-4,7-9H2,1H3,(H,15,18)(H,16,19). The molecule has 0 spiro atoms. The van der Waals surface area contributed by atoms with Crippen molar-refractivity contribution < 1.29 is 4.79 Å². The Kier molecular flexibility index (Phi) is 4.74. The molecular formula is C14H21N3O2. The van der Waals surface area contributed by atoms with Crippen LogP contribution < -0.4 is 10.9 Å². The number of hydrogen-bond acceptors (Lipinski definition) is 3. The van der Waals surface area contributed by atoms with E-state index in [9.17, 15) is 9.59 Å². The first-order valence-corrected chi connectivity index (χ1v) is 6.88. The number of carbonyl (C=O) groups is 1. The smallest absolute Gasteiger partial charge is 0.252 e. The third-order valence-corrected chi connectivity index (χ3v) is 3.62. The Morgan fingerprint density at radius 1 is 1.37 bits per heavy atom. The summed E-state index contributed by atoms with van der Waals surface area (Å²) in [4.78, 5) is 27.7. The minimum Gasteiger partial charge on any atom is -0.350 e. The fraction of sp³-hybridized carbons (Fsp3) is 0.571. The highest BCUT2D eigenvalue weighted by molar-refractivity contribution is 5.93. The lowest BCUT2D eigenvalue weighted by Gasteiger charge is -2.32. The van der Waals surface area contributed by atoms with E-state index in [4.69, 9.17) is 0 Å². The van der Waals surface area contributed by atoms with Crippen LogP contribution in [0.25, 0.3) is 0 Å². The van der Waals surface area contributed by atoms with Gasteiger partial charge >= 0.3 is 0 Å². The molecule has 1 aliphatic heterocycles. The topological polar surface area (TPSA) is 65.2 Å². The second-order valence-electron chi connectivity index (χ2n) is 5.10. The summed E-state index contributed by atoms with van der Waals surface area (Å²) in [7, 11) is 0. The molecule has 2 heterocycles. The zero-order valence-electron chi connectivity index (χ0n) is 11.3. The maximum atomic E-state index is 11.9. The van der Waals surface area contributed by atoms with Crippen molar-refractivity contribution in [3.63, 3.8) is 0 Å². The summed E-state index contributed by atoms with van der Waals surface area (Å²) in [5.41, 5.74) is 0.295. The van der Waals surface area contributed by atoms with Crippen molar-refractivity contribution in [2.45, 2.75) is 32.2 Å².